The highest BCUT2D eigenvalue weighted by Gasteiger charge is 2.35. The van der Waals surface area contributed by atoms with Crippen molar-refractivity contribution >= 4 is 5.97 Å². The van der Waals surface area contributed by atoms with Crippen molar-refractivity contribution in [3.05, 3.63) is 23.3 Å². The molecule has 0 radical (unpaired) electrons. The lowest BCUT2D eigenvalue weighted by Crippen LogP contribution is -2.33. The molecule has 2 aliphatic rings. The Hall–Kier alpha value is -1.09. The fourth-order valence-corrected chi connectivity index (χ4v) is 1.95. The molecule has 1 aliphatic heterocycles. The predicted molar refractivity (Wildman–Crippen MR) is 47.3 cm³/mol. The molecule has 3 nitrogen and oxygen atoms in total. The molecule has 2 unspecified atom stereocenters. The molecule has 1 heterocycles. The van der Waals surface area contributed by atoms with Crippen molar-refractivity contribution in [3.8, 4) is 0 Å². The first kappa shape index (κ1) is 8.51. The van der Waals surface area contributed by atoms with Gasteiger partial charge >= 0.3 is 5.97 Å². The first-order chi connectivity index (χ1) is 6.20. The largest absolute Gasteiger partial charge is 0.481 e. The fraction of sp³-hybridized carbons (Fsp3) is 0.500. The van der Waals surface area contributed by atoms with E-state index in [2.05, 4.69) is 0 Å². The minimum Gasteiger partial charge on any atom is -0.481 e. The zero-order valence-electron chi connectivity index (χ0n) is 7.49. The highest BCUT2D eigenvalue weighted by molar-refractivity contribution is 5.72. The number of ether oxygens (including phenoxy) is 1. The molecule has 1 aliphatic carbocycles. The van der Waals surface area contributed by atoms with Crippen molar-refractivity contribution in [2.45, 2.75) is 6.92 Å². The molecule has 1 N–H and O–H groups in total. The van der Waals surface area contributed by atoms with Gasteiger partial charge in [-0.15, -0.1) is 0 Å². The molecule has 0 aromatic carbocycles. The van der Waals surface area contributed by atoms with Crippen LogP contribution in [0.5, 0.6) is 0 Å². The van der Waals surface area contributed by atoms with Crippen LogP contribution in [0.25, 0.3) is 0 Å². The summed E-state index contributed by atoms with van der Waals surface area (Å²) in [5.74, 6) is -1.08. The Morgan fingerprint density at radius 2 is 2.46 bits per heavy atom. The van der Waals surface area contributed by atoms with E-state index in [0.717, 1.165) is 11.1 Å². The van der Waals surface area contributed by atoms with Gasteiger partial charge in [0, 0.05) is 5.92 Å². The minimum atomic E-state index is -0.762. The SMILES string of the molecule is CC1=C2COCC(C(=O)O)C2C=C1. The Bertz CT molecular complexity index is 301. The Labute approximate surface area is 76.7 Å². The third kappa shape index (κ3) is 1.29. The lowest BCUT2D eigenvalue weighted by atomic mass is 9.86. The maximum atomic E-state index is 10.9. The molecule has 0 aromatic rings. The molecule has 3 heteroatoms. The summed E-state index contributed by atoms with van der Waals surface area (Å²) in [5, 5.41) is 8.94. The van der Waals surface area contributed by atoms with Crippen LogP contribution in [0.2, 0.25) is 0 Å². The summed E-state index contributed by atoms with van der Waals surface area (Å²) >= 11 is 0. The summed E-state index contributed by atoms with van der Waals surface area (Å²) in [6.07, 6.45) is 3.97. The van der Waals surface area contributed by atoms with Crippen LogP contribution in [-0.2, 0) is 9.53 Å². The van der Waals surface area contributed by atoms with Crippen molar-refractivity contribution in [3.63, 3.8) is 0 Å². The van der Waals surface area contributed by atoms with Crippen molar-refractivity contribution < 1.29 is 14.6 Å². The van der Waals surface area contributed by atoms with E-state index in [9.17, 15) is 4.79 Å². The summed E-state index contributed by atoms with van der Waals surface area (Å²) < 4.78 is 5.25. The number of aliphatic carboxylic acids is 1. The molecule has 1 saturated heterocycles. The van der Waals surface area contributed by atoms with Gasteiger partial charge in [0.05, 0.1) is 19.1 Å². The third-order valence-electron chi connectivity index (χ3n) is 2.77. The molecule has 0 amide bonds. The smallest absolute Gasteiger partial charge is 0.309 e. The van der Waals surface area contributed by atoms with Crippen LogP contribution in [0.4, 0.5) is 0 Å². The zero-order chi connectivity index (χ0) is 9.42. The van der Waals surface area contributed by atoms with Crippen molar-refractivity contribution in [1.29, 1.82) is 0 Å². The second-order valence-electron chi connectivity index (χ2n) is 3.55. The van der Waals surface area contributed by atoms with Gasteiger partial charge in [-0.25, -0.2) is 0 Å². The van der Waals surface area contributed by atoms with Gasteiger partial charge in [0.2, 0.25) is 0 Å². The molecule has 2 rings (SSSR count). The third-order valence-corrected chi connectivity index (χ3v) is 2.77. The fourth-order valence-electron chi connectivity index (χ4n) is 1.95. The van der Waals surface area contributed by atoms with E-state index in [1.54, 1.807) is 0 Å². The highest BCUT2D eigenvalue weighted by atomic mass is 16.5. The Morgan fingerprint density at radius 1 is 1.69 bits per heavy atom. The van der Waals surface area contributed by atoms with Crippen LogP contribution in [0.3, 0.4) is 0 Å². The van der Waals surface area contributed by atoms with Gasteiger partial charge in [-0.2, -0.15) is 0 Å². The summed E-state index contributed by atoms with van der Waals surface area (Å²) in [6.45, 7) is 2.92. The average molecular weight is 180 g/mol. The first-order valence-electron chi connectivity index (χ1n) is 4.38. The normalized spacial score (nSPS) is 32.1. The molecule has 2 atom stereocenters. The number of fused-ring (bicyclic) bond motifs is 1. The van der Waals surface area contributed by atoms with Gasteiger partial charge < -0.3 is 9.84 Å². The molecule has 0 aromatic heterocycles. The minimum absolute atomic E-state index is 0.0752. The second-order valence-corrected chi connectivity index (χ2v) is 3.55. The van der Waals surface area contributed by atoms with Gasteiger partial charge in [-0.3, -0.25) is 4.79 Å². The molecule has 0 saturated carbocycles. The van der Waals surface area contributed by atoms with E-state index in [1.165, 1.54) is 0 Å². The van der Waals surface area contributed by atoms with E-state index in [0.29, 0.717) is 13.2 Å². The number of carboxylic acid groups (broad SMARTS) is 1. The maximum absolute atomic E-state index is 10.9. The van der Waals surface area contributed by atoms with Gasteiger partial charge in [-0.05, 0) is 18.1 Å². The topological polar surface area (TPSA) is 46.5 Å². The number of hydrogen-bond donors (Lipinski definition) is 1. The van der Waals surface area contributed by atoms with Gasteiger partial charge in [0.25, 0.3) is 0 Å². The van der Waals surface area contributed by atoms with Crippen LogP contribution in [0, 0.1) is 11.8 Å². The van der Waals surface area contributed by atoms with E-state index in [-0.39, 0.29) is 5.92 Å². The summed E-state index contributed by atoms with van der Waals surface area (Å²) in [7, 11) is 0. The van der Waals surface area contributed by atoms with Crippen LogP contribution in [0.1, 0.15) is 6.92 Å². The molecule has 70 valence electrons. The van der Waals surface area contributed by atoms with Crippen LogP contribution in [0.15, 0.2) is 23.3 Å². The Kier molecular flexibility index (Phi) is 1.96. The van der Waals surface area contributed by atoms with Gasteiger partial charge in [0.15, 0.2) is 0 Å². The molecule has 0 bridgehead atoms. The number of carboxylic acids is 1. The van der Waals surface area contributed by atoms with E-state index >= 15 is 0 Å². The first-order valence-corrected chi connectivity index (χ1v) is 4.38. The summed E-state index contributed by atoms with van der Waals surface area (Å²) in [6, 6.07) is 0. The lowest BCUT2D eigenvalue weighted by molar-refractivity contribution is -0.146. The van der Waals surface area contributed by atoms with Gasteiger partial charge in [-0.1, -0.05) is 12.2 Å². The van der Waals surface area contributed by atoms with E-state index in [1.807, 2.05) is 19.1 Å². The lowest BCUT2D eigenvalue weighted by Gasteiger charge is -2.27. The van der Waals surface area contributed by atoms with Crippen LogP contribution < -0.4 is 0 Å². The Morgan fingerprint density at radius 3 is 3.15 bits per heavy atom. The maximum Gasteiger partial charge on any atom is 0.309 e. The van der Waals surface area contributed by atoms with Crippen LogP contribution >= 0.6 is 0 Å². The molecular weight excluding hydrogens is 168 g/mol. The molecule has 13 heavy (non-hydrogen) atoms. The number of hydrogen-bond acceptors (Lipinski definition) is 2. The second kappa shape index (κ2) is 3.00. The monoisotopic (exact) mass is 180 g/mol. The standard InChI is InChI=1S/C10H12O3/c1-6-2-3-7-8(6)4-13-5-9(7)10(11)12/h2-3,7,9H,4-5H2,1H3,(H,11,12). The average Bonchev–Trinajstić information content (AvgIpc) is 2.48. The predicted octanol–water partition coefficient (Wildman–Crippen LogP) is 1.22. The van der Waals surface area contributed by atoms with Crippen molar-refractivity contribution in [2.75, 3.05) is 13.2 Å². The summed E-state index contributed by atoms with van der Waals surface area (Å²) in [4.78, 5) is 10.9. The molecular formula is C10H12O3. The molecule has 1 fully saturated rings. The highest BCUT2D eigenvalue weighted by Crippen LogP contribution is 2.35. The van der Waals surface area contributed by atoms with Crippen LogP contribution in [-0.4, -0.2) is 24.3 Å². The van der Waals surface area contributed by atoms with E-state index < -0.39 is 11.9 Å². The number of rotatable bonds is 1. The number of carbonyl (C=O) groups is 1. The van der Waals surface area contributed by atoms with Crippen molar-refractivity contribution in [1.82, 2.24) is 0 Å². The van der Waals surface area contributed by atoms with Gasteiger partial charge in [0.1, 0.15) is 0 Å². The van der Waals surface area contributed by atoms with Crippen molar-refractivity contribution in [2.24, 2.45) is 11.8 Å². The zero-order valence-corrected chi connectivity index (χ0v) is 7.49. The molecule has 0 spiro atoms. The Balaban J connectivity index is 2.27. The van der Waals surface area contributed by atoms with E-state index in [4.69, 9.17) is 9.84 Å². The summed E-state index contributed by atoms with van der Waals surface area (Å²) in [5.41, 5.74) is 2.30. The number of allylic oxidation sites excluding steroid dienone is 3. The quantitative estimate of drug-likeness (QED) is 0.660.